The summed E-state index contributed by atoms with van der Waals surface area (Å²) in [4.78, 5) is 16.1. The Kier molecular flexibility index (Phi) is 6.19. The highest BCUT2D eigenvalue weighted by Gasteiger charge is 2.10. The molecule has 1 aromatic carbocycles. The smallest absolute Gasteiger partial charge is 0.220 e. The van der Waals surface area contributed by atoms with Crippen LogP contribution in [0, 0.1) is 0 Å². The number of hydrogen-bond acceptors (Lipinski definition) is 3. The van der Waals surface area contributed by atoms with Gasteiger partial charge in [0.2, 0.25) is 5.91 Å². The molecular formula is C17H21BrN2O2. The molecule has 1 unspecified atom stereocenters. The summed E-state index contributed by atoms with van der Waals surface area (Å²) in [6.07, 6.45) is 4.68. The quantitative estimate of drug-likeness (QED) is 0.794. The third-order valence-corrected chi connectivity index (χ3v) is 3.91. The van der Waals surface area contributed by atoms with Gasteiger partial charge in [-0.2, -0.15) is 0 Å². The minimum Gasteiger partial charge on any atom is -0.441 e. The predicted molar refractivity (Wildman–Crippen MR) is 90.5 cm³/mol. The zero-order chi connectivity index (χ0) is 15.9. The van der Waals surface area contributed by atoms with Crippen LogP contribution in [0.4, 0.5) is 0 Å². The monoisotopic (exact) mass is 364 g/mol. The van der Waals surface area contributed by atoms with E-state index in [0.717, 1.165) is 28.6 Å². The third-order valence-electron chi connectivity index (χ3n) is 3.38. The Morgan fingerprint density at radius 2 is 2.09 bits per heavy atom. The van der Waals surface area contributed by atoms with Crippen molar-refractivity contribution in [3.05, 3.63) is 40.8 Å². The lowest BCUT2D eigenvalue weighted by molar-refractivity contribution is -0.121. The van der Waals surface area contributed by atoms with Gasteiger partial charge in [-0.1, -0.05) is 41.4 Å². The summed E-state index contributed by atoms with van der Waals surface area (Å²) >= 11 is 3.40. The highest BCUT2D eigenvalue weighted by Crippen LogP contribution is 2.22. The molecule has 1 N–H and O–H groups in total. The van der Waals surface area contributed by atoms with E-state index in [9.17, 15) is 4.79 Å². The molecule has 1 heterocycles. The van der Waals surface area contributed by atoms with Gasteiger partial charge in [-0.25, -0.2) is 4.98 Å². The molecule has 0 aliphatic rings. The first-order valence-electron chi connectivity index (χ1n) is 7.58. The molecule has 0 aliphatic carbocycles. The summed E-state index contributed by atoms with van der Waals surface area (Å²) in [7, 11) is 0. The number of hydrogen-bond donors (Lipinski definition) is 1. The molecule has 0 spiro atoms. The van der Waals surface area contributed by atoms with Crippen molar-refractivity contribution in [3.8, 4) is 11.3 Å². The molecule has 118 valence electrons. The Morgan fingerprint density at radius 1 is 1.36 bits per heavy atom. The molecule has 0 saturated heterocycles. The van der Waals surface area contributed by atoms with Gasteiger partial charge in [-0.05, 0) is 25.5 Å². The number of carbonyl (C=O) groups excluding carboxylic acids is 1. The largest absolute Gasteiger partial charge is 0.441 e. The van der Waals surface area contributed by atoms with Gasteiger partial charge in [0.25, 0.3) is 0 Å². The number of aryl methyl sites for hydroxylation is 1. The summed E-state index contributed by atoms with van der Waals surface area (Å²) in [5, 5.41) is 2.98. The SMILES string of the molecule is CCCC(C)NC(=O)CCc1ncc(-c2ccc(Br)cc2)o1. The van der Waals surface area contributed by atoms with Crippen molar-refractivity contribution < 1.29 is 9.21 Å². The van der Waals surface area contributed by atoms with Gasteiger partial charge in [0.1, 0.15) is 0 Å². The first-order chi connectivity index (χ1) is 10.6. The van der Waals surface area contributed by atoms with Gasteiger partial charge in [-0.3, -0.25) is 4.79 Å². The molecular weight excluding hydrogens is 344 g/mol. The topological polar surface area (TPSA) is 55.1 Å². The zero-order valence-electron chi connectivity index (χ0n) is 12.9. The Labute approximate surface area is 139 Å². The maximum Gasteiger partial charge on any atom is 0.220 e. The van der Waals surface area contributed by atoms with Gasteiger partial charge >= 0.3 is 0 Å². The lowest BCUT2D eigenvalue weighted by atomic mass is 10.2. The molecule has 5 heteroatoms. The van der Waals surface area contributed by atoms with Crippen LogP contribution in [0.25, 0.3) is 11.3 Å². The first-order valence-corrected chi connectivity index (χ1v) is 8.37. The van der Waals surface area contributed by atoms with Crippen molar-refractivity contribution in [3.63, 3.8) is 0 Å². The minimum absolute atomic E-state index is 0.0457. The molecule has 0 fully saturated rings. The lowest BCUT2D eigenvalue weighted by Crippen LogP contribution is -2.32. The number of nitrogens with one attached hydrogen (secondary N) is 1. The Hall–Kier alpha value is -1.62. The van der Waals surface area contributed by atoms with E-state index in [1.807, 2.05) is 31.2 Å². The number of oxazole rings is 1. The number of amides is 1. The van der Waals surface area contributed by atoms with Crippen LogP contribution < -0.4 is 5.32 Å². The van der Waals surface area contributed by atoms with Gasteiger partial charge in [0.05, 0.1) is 6.20 Å². The Balaban J connectivity index is 1.87. The third kappa shape index (κ3) is 4.98. The van der Waals surface area contributed by atoms with Crippen LogP contribution >= 0.6 is 15.9 Å². The van der Waals surface area contributed by atoms with E-state index in [4.69, 9.17) is 4.42 Å². The van der Waals surface area contributed by atoms with Gasteiger partial charge < -0.3 is 9.73 Å². The van der Waals surface area contributed by atoms with Gasteiger partial charge in [0.15, 0.2) is 11.7 Å². The highest BCUT2D eigenvalue weighted by atomic mass is 79.9. The molecule has 4 nitrogen and oxygen atoms in total. The van der Waals surface area contributed by atoms with Crippen molar-refractivity contribution in [1.29, 1.82) is 0 Å². The second kappa shape index (κ2) is 8.13. The van der Waals surface area contributed by atoms with Crippen LogP contribution in [-0.4, -0.2) is 16.9 Å². The molecule has 0 aliphatic heterocycles. The standard InChI is InChI=1S/C17H21BrN2O2/c1-3-4-12(2)20-16(21)9-10-17-19-11-15(22-17)13-5-7-14(18)8-6-13/h5-8,11-12H,3-4,9-10H2,1-2H3,(H,20,21). The van der Waals surface area contributed by atoms with E-state index in [2.05, 4.69) is 33.2 Å². The number of rotatable bonds is 7. The molecule has 0 radical (unpaired) electrons. The van der Waals surface area contributed by atoms with E-state index in [1.54, 1.807) is 6.20 Å². The Bertz CT molecular complexity index is 607. The zero-order valence-corrected chi connectivity index (χ0v) is 14.5. The molecule has 0 bridgehead atoms. The number of aromatic nitrogens is 1. The molecule has 0 saturated carbocycles. The number of benzene rings is 1. The molecule has 1 amide bonds. The van der Waals surface area contributed by atoms with E-state index < -0.39 is 0 Å². The van der Waals surface area contributed by atoms with E-state index in [1.165, 1.54) is 0 Å². The van der Waals surface area contributed by atoms with Gasteiger partial charge in [-0.15, -0.1) is 0 Å². The van der Waals surface area contributed by atoms with Crippen LogP contribution in [-0.2, 0) is 11.2 Å². The summed E-state index contributed by atoms with van der Waals surface area (Å²) in [5.74, 6) is 1.36. The van der Waals surface area contributed by atoms with Crippen LogP contribution in [0.2, 0.25) is 0 Å². The second-order valence-electron chi connectivity index (χ2n) is 5.38. The van der Waals surface area contributed by atoms with Crippen LogP contribution in [0.5, 0.6) is 0 Å². The van der Waals surface area contributed by atoms with Crippen molar-refractivity contribution in [1.82, 2.24) is 10.3 Å². The fourth-order valence-corrected chi connectivity index (χ4v) is 2.51. The van der Waals surface area contributed by atoms with Crippen LogP contribution in [0.3, 0.4) is 0 Å². The van der Waals surface area contributed by atoms with Gasteiger partial charge in [0, 0.05) is 28.9 Å². The van der Waals surface area contributed by atoms with E-state index in [0.29, 0.717) is 18.7 Å². The average molecular weight is 365 g/mol. The van der Waals surface area contributed by atoms with Crippen molar-refractivity contribution in [2.45, 2.75) is 45.6 Å². The average Bonchev–Trinajstić information content (AvgIpc) is 2.95. The van der Waals surface area contributed by atoms with Crippen LogP contribution in [0.1, 0.15) is 39.0 Å². The molecule has 1 aromatic heterocycles. The predicted octanol–water partition coefficient (Wildman–Crippen LogP) is 4.34. The fraction of sp³-hybridized carbons (Fsp3) is 0.412. The minimum atomic E-state index is 0.0457. The second-order valence-corrected chi connectivity index (χ2v) is 6.30. The molecule has 22 heavy (non-hydrogen) atoms. The van der Waals surface area contributed by atoms with Crippen molar-refractivity contribution >= 4 is 21.8 Å². The first kappa shape index (κ1) is 16.7. The summed E-state index contributed by atoms with van der Waals surface area (Å²) in [6.45, 7) is 4.14. The maximum absolute atomic E-state index is 11.8. The van der Waals surface area contributed by atoms with Crippen molar-refractivity contribution in [2.75, 3.05) is 0 Å². The Morgan fingerprint density at radius 3 is 2.77 bits per heavy atom. The molecule has 2 aromatic rings. The normalized spacial score (nSPS) is 12.1. The number of halogens is 1. The van der Waals surface area contributed by atoms with Crippen LogP contribution in [0.15, 0.2) is 39.4 Å². The maximum atomic E-state index is 11.8. The number of carbonyl (C=O) groups is 1. The summed E-state index contributed by atoms with van der Waals surface area (Å²) in [6, 6.07) is 8.07. The summed E-state index contributed by atoms with van der Waals surface area (Å²) in [5.41, 5.74) is 0.975. The lowest BCUT2D eigenvalue weighted by Gasteiger charge is -2.11. The number of nitrogens with zero attached hydrogens (tertiary/aromatic N) is 1. The van der Waals surface area contributed by atoms with Crippen molar-refractivity contribution in [2.24, 2.45) is 0 Å². The van der Waals surface area contributed by atoms with E-state index in [-0.39, 0.29) is 11.9 Å². The highest BCUT2D eigenvalue weighted by molar-refractivity contribution is 9.10. The summed E-state index contributed by atoms with van der Waals surface area (Å²) < 4.78 is 6.73. The molecule has 2 rings (SSSR count). The van der Waals surface area contributed by atoms with E-state index >= 15 is 0 Å². The fourth-order valence-electron chi connectivity index (χ4n) is 2.25. The molecule has 1 atom stereocenters.